The molecule has 0 aliphatic heterocycles. The van der Waals surface area contributed by atoms with Crippen molar-refractivity contribution < 1.29 is 14.7 Å². The van der Waals surface area contributed by atoms with Crippen LogP contribution in [0.2, 0.25) is 0 Å². The number of nitrogens with one attached hydrogen (secondary N) is 1. The highest BCUT2D eigenvalue weighted by Crippen LogP contribution is 2.20. The third-order valence-corrected chi connectivity index (χ3v) is 4.68. The summed E-state index contributed by atoms with van der Waals surface area (Å²) >= 11 is 0. The Hall–Kier alpha value is -3.48. The summed E-state index contributed by atoms with van der Waals surface area (Å²) in [5.74, 6) is -1.91. The number of benzene rings is 2. The molecule has 2 atom stereocenters. The first-order valence-corrected chi connectivity index (χ1v) is 9.40. The molecule has 0 aliphatic rings. The first-order valence-electron chi connectivity index (χ1n) is 9.40. The molecule has 0 saturated carbocycles. The average Bonchev–Trinajstić information content (AvgIpc) is 2.71. The van der Waals surface area contributed by atoms with Crippen LogP contribution in [0.3, 0.4) is 0 Å². The van der Waals surface area contributed by atoms with E-state index in [1.54, 1.807) is 54.6 Å². The minimum absolute atomic E-state index is 0.0854. The number of aliphatic carboxylic acids is 1. The van der Waals surface area contributed by atoms with Crippen molar-refractivity contribution in [3.63, 3.8) is 0 Å². The normalized spacial score (nSPS) is 13.2. The molecule has 0 saturated heterocycles. The molecular formula is C22H22N3O4-. The van der Waals surface area contributed by atoms with Crippen LogP contribution < -0.4 is 16.0 Å². The number of para-hydroxylation sites is 1. The molecule has 29 heavy (non-hydrogen) atoms. The zero-order valence-electron chi connectivity index (χ0n) is 16.2. The van der Waals surface area contributed by atoms with Crippen LogP contribution in [-0.4, -0.2) is 21.4 Å². The van der Waals surface area contributed by atoms with Gasteiger partial charge in [-0.15, -0.1) is 0 Å². The second-order valence-electron chi connectivity index (χ2n) is 7.29. The molecule has 1 aromatic heterocycles. The van der Waals surface area contributed by atoms with E-state index >= 15 is 0 Å². The van der Waals surface area contributed by atoms with Crippen LogP contribution in [0.15, 0.2) is 65.7 Å². The minimum atomic E-state index is -1.42. The van der Waals surface area contributed by atoms with E-state index in [0.717, 1.165) is 0 Å². The van der Waals surface area contributed by atoms with Gasteiger partial charge in [-0.25, -0.2) is 4.98 Å². The summed E-state index contributed by atoms with van der Waals surface area (Å²) in [6.45, 7) is 3.85. The quantitative estimate of drug-likeness (QED) is 0.658. The van der Waals surface area contributed by atoms with Gasteiger partial charge in [0.1, 0.15) is 6.04 Å². The molecule has 0 spiro atoms. The van der Waals surface area contributed by atoms with Gasteiger partial charge >= 0.3 is 0 Å². The van der Waals surface area contributed by atoms with Gasteiger partial charge in [-0.3, -0.25) is 14.2 Å². The summed E-state index contributed by atoms with van der Waals surface area (Å²) in [5.41, 5.74) is 0.587. The number of amides is 1. The molecular weight excluding hydrogens is 370 g/mol. The summed E-state index contributed by atoms with van der Waals surface area (Å²) in [5, 5.41) is 14.6. The standard InChI is InChI=1S/C22H23N3O4/c1-14(2)12-18(25-13-23-17-11-7-6-10-16(17)21(25)27)20(26)24-19(22(28)29)15-8-4-3-5-9-15/h3-11,13-14,18-19H,12H2,1-2H3,(H,24,26)(H,28,29)/p-1/t18-,19+/m1/s1. The van der Waals surface area contributed by atoms with E-state index in [9.17, 15) is 19.5 Å². The van der Waals surface area contributed by atoms with E-state index in [2.05, 4.69) is 10.3 Å². The van der Waals surface area contributed by atoms with Crippen molar-refractivity contribution in [3.05, 3.63) is 76.8 Å². The third kappa shape index (κ3) is 4.51. The van der Waals surface area contributed by atoms with Gasteiger partial charge in [-0.2, -0.15) is 0 Å². The van der Waals surface area contributed by atoms with Crippen molar-refractivity contribution in [2.24, 2.45) is 5.92 Å². The van der Waals surface area contributed by atoms with Crippen molar-refractivity contribution in [1.82, 2.24) is 14.9 Å². The second-order valence-corrected chi connectivity index (χ2v) is 7.29. The maximum absolute atomic E-state index is 13.1. The van der Waals surface area contributed by atoms with Crippen LogP contribution in [-0.2, 0) is 9.59 Å². The van der Waals surface area contributed by atoms with Gasteiger partial charge in [0.25, 0.3) is 5.56 Å². The first kappa shape index (κ1) is 20.3. The van der Waals surface area contributed by atoms with Crippen molar-refractivity contribution in [1.29, 1.82) is 0 Å². The van der Waals surface area contributed by atoms with Crippen LogP contribution in [0.25, 0.3) is 10.9 Å². The lowest BCUT2D eigenvalue weighted by molar-refractivity contribution is -0.308. The molecule has 0 aliphatic carbocycles. The molecule has 1 heterocycles. The van der Waals surface area contributed by atoms with E-state index in [4.69, 9.17) is 0 Å². The molecule has 150 valence electrons. The topological polar surface area (TPSA) is 104 Å². The fourth-order valence-corrected chi connectivity index (χ4v) is 3.26. The minimum Gasteiger partial charge on any atom is -0.548 e. The van der Waals surface area contributed by atoms with Gasteiger partial charge in [0.05, 0.1) is 29.2 Å². The van der Waals surface area contributed by atoms with Gasteiger partial charge < -0.3 is 15.2 Å². The lowest BCUT2D eigenvalue weighted by atomic mass is 10.0. The highest BCUT2D eigenvalue weighted by Gasteiger charge is 2.26. The zero-order valence-corrected chi connectivity index (χ0v) is 16.2. The molecule has 0 bridgehead atoms. The SMILES string of the molecule is CC(C)C[C@H](C(=O)N[C@H](C(=O)[O-])c1ccccc1)n1cnc2ccccc2c1=O. The Morgan fingerprint density at radius 3 is 2.38 bits per heavy atom. The highest BCUT2D eigenvalue weighted by molar-refractivity contribution is 5.86. The fourth-order valence-electron chi connectivity index (χ4n) is 3.26. The van der Waals surface area contributed by atoms with Crippen molar-refractivity contribution in [3.8, 4) is 0 Å². The predicted molar refractivity (Wildman–Crippen MR) is 107 cm³/mol. The molecule has 0 radical (unpaired) electrons. The maximum atomic E-state index is 13.1. The molecule has 3 aromatic rings. The molecule has 7 nitrogen and oxygen atoms in total. The Morgan fingerprint density at radius 2 is 1.72 bits per heavy atom. The van der Waals surface area contributed by atoms with E-state index < -0.39 is 24.0 Å². The number of hydrogen-bond acceptors (Lipinski definition) is 5. The molecule has 0 unspecified atom stereocenters. The lowest BCUT2D eigenvalue weighted by Gasteiger charge is -2.26. The van der Waals surface area contributed by atoms with Gasteiger partial charge in [-0.05, 0) is 30.0 Å². The summed E-state index contributed by atoms with van der Waals surface area (Å²) in [6, 6.07) is 13.0. The number of carboxylic acids is 1. The summed E-state index contributed by atoms with van der Waals surface area (Å²) < 4.78 is 1.27. The number of rotatable bonds is 7. The first-order chi connectivity index (χ1) is 13.9. The largest absolute Gasteiger partial charge is 0.548 e. The number of hydrogen-bond donors (Lipinski definition) is 1. The Labute approximate surface area is 168 Å². The second kappa shape index (κ2) is 8.68. The third-order valence-electron chi connectivity index (χ3n) is 4.68. The van der Waals surface area contributed by atoms with Gasteiger partial charge in [0.15, 0.2) is 0 Å². The van der Waals surface area contributed by atoms with Crippen molar-refractivity contribution in [2.75, 3.05) is 0 Å². The Balaban J connectivity index is 1.98. The molecule has 7 heteroatoms. The van der Waals surface area contributed by atoms with Crippen molar-refractivity contribution >= 4 is 22.8 Å². The van der Waals surface area contributed by atoms with Crippen LogP contribution in [0.4, 0.5) is 0 Å². The summed E-state index contributed by atoms with van der Waals surface area (Å²) in [7, 11) is 0. The maximum Gasteiger partial charge on any atom is 0.261 e. The number of nitrogens with zero attached hydrogens (tertiary/aromatic N) is 2. The summed E-state index contributed by atoms with van der Waals surface area (Å²) in [4.78, 5) is 42.0. The molecule has 0 fully saturated rings. The van der Waals surface area contributed by atoms with Crippen LogP contribution in [0.1, 0.15) is 37.9 Å². The average molecular weight is 392 g/mol. The van der Waals surface area contributed by atoms with E-state index in [0.29, 0.717) is 22.9 Å². The van der Waals surface area contributed by atoms with Crippen LogP contribution in [0, 0.1) is 5.92 Å². The zero-order chi connectivity index (χ0) is 21.0. The Kier molecular flexibility index (Phi) is 6.07. The van der Waals surface area contributed by atoms with E-state index in [1.165, 1.54) is 10.9 Å². The number of aromatic nitrogens is 2. The lowest BCUT2D eigenvalue weighted by Crippen LogP contribution is -2.45. The smallest absolute Gasteiger partial charge is 0.261 e. The van der Waals surface area contributed by atoms with Crippen LogP contribution >= 0.6 is 0 Å². The summed E-state index contributed by atoms with van der Waals surface area (Å²) in [6.07, 6.45) is 1.69. The van der Waals surface area contributed by atoms with Gasteiger partial charge in [-0.1, -0.05) is 56.3 Å². The molecule has 3 rings (SSSR count). The fraction of sp³-hybridized carbons (Fsp3) is 0.273. The predicted octanol–water partition coefficient (Wildman–Crippen LogP) is 1.59. The number of carbonyl (C=O) groups is 2. The molecule has 1 amide bonds. The van der Waals surface area contributed by atoms with E-state index in [1.807, 2.05) is 13.8 Å². The number of carboxylic acid groups (broad SMARTS) is 1. The van der Waals surface area contributed by atoms with Gasteiger partial charge in [0, 0.05) is 0 Å². The molecule has 2 aromatic carbocycles. The number of carbonyl (C=O) groups excluding carboxylic acids is 2. The van der Waals surface area contributed by atoms with Gasteiger partial charge in [0.2, 0.25) is 5.91 Å². The van der Waals surface area contributed by atoms with Crippen molar-refractivity contribution in [2.45, 2.75) is 32.4 Å². The van der Waals surface area contributed by atoms with E-state index in [-0.39, 0.29) is 11.5 Å². The Bertz CT molecular complexity index is 1080. The highest BCUT2D eigenvalue weighted by atomic mass is 16.4. The monoisotopic (exact) mass is 392 g/mol. The number of fused-ring (bicyclic) bond motifs is 1. The van der Waals surface area contributed by atoms with Crippen LogP contribution in [0.5, 0.6) is 0 Å². The Morgan fingerprint density at radius 1 is 1.07 bits per heavy atom. The molecule has 1 N–H and O–H groups in total.